The first kappa shape index (κ1) is 19.7. The maximum Gasteiger partial charge on any atom is 0.240 e. The lowest BCUT2D eigenvalue weighted by atomic mass is 10.0. The molecule has 0 aromatic heterocycles. The molecule has 1 aliphatic heterocycles. The number of benzene rings is 3. The normalized spacial score (nSPS) is 16.9. The number of hydrogen-bond acceptors (Lipinski definition) is 3. The molecule has 29 heavy (non-hydrogen) atoms. The Morgan fingerprint density at radius 3 is 2.17 bits per heavy atom. The van der Waals surface area contributed by atoms with Crippen molar-refractivity contribution in [2.45, 2.75) is 30.7 Å². The van der Waals surface area contributed by atoms with E-state index in [1.807, 2.05) is 37.3 Å². The standard InChI is InChI=1S/C24H26N2O2S/c1-19-9-11-20(12-10-19)21-13-15-24(16-14-21)29(27,28)25-18-23-8-5-17-26(23)22-6-3-2-4-7-22/h2-4,6-7,9-16,23,25H,5,8,17-18H2,1H3. The zero-order valence-corrected chi connectivity index (χ0v) is 17.4. The van der Waals surface area contributed by atoms with Crippen molar-refractivity contribution in [2.75, 3.05) is 18.0 Å². The number of nitrogens with one attached hydrogen (secondary N) is 1. The summed E-state index contributed by atoms with van der Waals surface area (Å²) in [5, 5.41) is 0. The van der Waals surface area contributed by atoms with Crippen molar-refractivity contribution in [1.82, 2.24) is 4.72 Å². The van der Waals surface area contributed by atoms with Crippen LogP contribution >= 0.6 is 0 Å². The Morgan fingerprint density at radius 1 is 0.897 bits per heavy atom. The predicted octanol–water partition coefficient (Wildman–Crippen LogP) is 4.61. The molecule has 0 saturated carbocycles. The number of anilines is 1. The Bertz CT molecular complexity index is 1050. The zero-order chi connectivity index (χ0) is 20.3. The number of para-hydroxylation sites is 1. The minimum absolute atomic E-state index is 0.180. The summed E-state index contributed by atoms with van der Waals surface area (Å²) < 4.78 is 28.4. The van der Waals surface area contributed by atoms with Crippen molar-refractivity contribution in [3.05, 3.63) is 84.4 Å². The molecule has 0 radical (unpaired) electrons. The van der Waals surface area contributed by atoms with E-state index in [-0.39, 0.29) is 6.04 Å². The van der Waals surface area contributed by atoms with Crippen molar-refractivity contribution in [3.63, 3.8) is 0 Å². The van der Waals surface area contributed by atoms with Crippen LogP contribution in [-0.4, -0.2) is 27.5 Å². The van der Waals surface area contributed by atoms with Crippen molar-refractivity contribution in [1.29, 1.82) is 0 Å². The first-order chi connectivity index (χ1) is 14.0. The number of nitrogens with zero attached hydrogens (tertiary/aromatic N) is 1. The molecular formula is C24H26N2O2S. The van der Waals surface area contributed by atoms with Gasteiger partial charge in [0.1, 0.15) is 0 Å². The van der Waals surface area contributed by atoms with E-state index >= 15 is 0 Å². The first-order valence-corrected chi connectivity index (χ1v) is 11.5. The number of rotatable bonds is 6. The summed E-state index contributed by atoms with van der Waals surface area (Å²) in [6.07, 6.45) is 2.07. The van der Waals surface area contributed by atoms with Gasteiger partial charge in [-0.1, -0.05) is 60.2 Å². The second-order valence-electron chi connectivity index (χ2n) is 7.57. The van der Waals surface area contributed by atoms with Gasteiger partial charge in [0, 0.05) is 24.8 Å². The monoisotopic (exact) mass is 406 g/mol. The van der Waals surface area contributed by atoms with Crippen LogP contribution in [0.25, 0.3) is 11.1 Å². The number of sulfonamides is 1. The van der Waals surface area contributed by atoms with Crippen LogP contribution in [0, 0.1) is 6.92 Å². The van der Waals surface area contributed by atoms with Gasteiger partial charge in [-0.3, -0.25) is 0 Å². The molecular weight excluding hydrogens is 380 g/mol. The fraction of sp³-hybridized carbons (Fsp3) is 0.250. The van der Waals surface area contributed by atoms with Crippen LogP contribution in [0.2, 0.25) is 0 Å². The number of aryl methyl sites for hydroxylation is 1. The quantitative estimate of drug-likeness (QED) is 0.650. The summed E-state index contributed by atoms with van der Waals surface area (Å²) in [6.45, 7) is 3.42. The Labute approximate surface area is 173 Å². The highest BCUT2D eigenvalue weighted by Crippen LogP contribution is 2.26. The van der Waals surface area contributed by atoms with Crippen LogP contribution in [0.3, 0.4) is 0 Å². The lowest BCUT2D eigenvalue weighted by Gasteiger charge is -2.27. The predicted molar refractivity (Wildman–Crippen MR) is 119 cm³/mol. The lowest BCUT2D eigenvalue weighted by Crippen LogP contribution is -2.40. The van der Waals surface area contributed by atoms with E-state index < -0.39 is 10.0 Å². The molecule has 0 spiro atoms. The molecule has 4 nitrogen and oxygen atoms in total. The second kappa shape index (κ2) is 8.39. The van der Waals surface area contributed by atoms with E-state index in [0.717, 1.165) is 36.2 Å². The van der Waals surface area contributed by atoms with E-state index in [1.165, 1.54) is 5.56 Å². The Balaban J connectivity index is 1.44. The van der Waals surface area contributed by atoms with Crippen LogP contribution in [0.4, 0.5) is 5.69 Å². The Hall–Kier alpha value is -2.63. The minimum Gasteiger partial charge on any atom is -0.367 e. The van der Waals surface area contributed by atoms with Gasteiger partial charge < -0.3 is 4.90 Å². The molecule has 1 saturated heterocycles. The summed E-state index contributed by atoms with van der Waals surface area (Å²) in [4.78, 5) is 2.60. The van der Waals surface area contributed by atoms with Crippen molar-refractivity contribution < 1.29 is 8.42 Å². The maximum absolute atomic E-state index is 12.8. The van der Waals surface area contributed by atoms with Crippen LogP contribution in [0.1, 0.15) is 18.4 Å². The van der Waals surface area contributed by atoms with Gasteiger partial charge in [-0.05, 0) is 55.2 Å². The number of hydrogen-bond donors (Lipinski definition) is 1. The van der Waals surface area contributed by atoms with Crippen molar-refractivity contribution in [3.8, 4) is 11.1 Å². The van der Waals surface area contributed by atoms with Gasteiger partial charge in [-0.2, -0.15) is 0 Å². The van der Waals surface area contributed by atoms with Gasteiger partial charge in [0.2, 0.25) is 10.0 Å². The van der Waals surface area contributed by atoms with Gasteiger partial charge in [0.05, 0.1) is 4.90 Å². The van der Waals surface area contributed by atoms with E-state index in [4.69, 9.17) is 0 Å². The molecule has 3 aromatic carbocycles. The summed E-state index contributed by atoms with van der Waals surface area (Å²) in [7, 11) is -3.54. The molecule has 150 valence electrons. The summed E-state index contributed by atoms with van der Waals surface area (Å²) in [6, 6.07) is 25.7. The van der Waals surface area contributed by atoms with Gasteiger partial charge in [0.15, 0.2) is 0 Å². The molecule has 1 N–H and O–H groups in total. The van der Waals surface area contributed by atoms with E-state index in [2.05, 4.69) is 46.0 Å². The third-order valence-corrected chi connectivity index (χ3v) is 6.96. The summed E-state index contributed by atoms with van der Waals surface area (Å²) in [5.41, 5.74) is 4.44. The Morgan fingerprint density at radius 2 is 1.52 bits per heavy atom. The van der Waals surface area contributed by atoms with Gasteiger partial charge in [-0.25, -0.2) is 13.1 Å². The highest BCUT2D eigenvalue weighted by atomic mass is 32.2. The fourth-order valence-corrected chi connectivity index (χ4v) is 4.94. The second-order valence-corrected chi connectivity index (χ2v) is 9.33. The highest BCUT2D eigenvalue weighted by molar-refractivity contribution is 7.89. The third-order valence-electron chi connectivity index (χ3n) is 5.52. The molecule has 0 bridgehead atoms. The molecule has 1 heterocycles. The third kappa shape index (κ3) is 4.52. The van der Waals surface area contributed by atoms with Crippen LogP contribution in [0.5, 0.6) is 0 Å². The highest BCUT2D eigenvalue weighted by Gasteiger charge is 2.26. The van der Waals surface area contributed by atoms with Gasteiger partial charge in [0.25, 0.3) is 0 Å². The zero-order valence-electron chi connectivity index (χ0n) is 16.6. The average Bonchev–Trinajstić information content (AvgIpc) is 3.22. The van der Waals surface area contributed by atoms with Crippen LogP contribution < -0.4 is 9.62 Å². The molecule has 1 aliphatic rings. The maximum atomic E-state index is 12.8. The van der Waals surface area contributed by atoms with E-state index in [0.29, 0.717) is 11.4 Å². The molecule has 3 aromatic rings. The molecule has 0 aliphatic carbocycles. The fourth-order valence-electron chi connectivity index (χ4n) is 3.87. The lowest BCUT2D eigenvalue weighted by molar-refractivity contribution is 0.567. The van der Waals surface area contributed by atoms with E-state index in [9.17, 15) is 8.42 Å². The summed E-state index contributed by atoms with van der Waals surface area (Å²) >= 11 is 0. The largest absolute Gasteiger partial charge is 0.367 e. The van der Waals surface area contributed by atoms with Crippen molar-refractivity contribution in [2.24, 2.45) is 0 Å². The molecule has 4 rings (SSSR count). The average molecular weight is 407 g/mol. The topological polar surface area (TPSA) is 49.4 Å². The smallest absolute Gasteiger partial charge is 0.240 e. The van der Waals surface area contributed by atoms with Gasteiger partial charge >= 0.3 is 0 Å². The molecule has 1 atom stereocenters. The minimum atomic E-state index is -3.54. The molecule has 5 heteroatoms. The first-order valence-electron chi connectivity index (χ1n) is 10.0. The van der Waals surface area contributed by atoms with Crippen LogP contribution in [0.15, 0.2) is 83.8 Å². The molecule has 1 fully saturated rings. The van der Waals surface area contributed by atoms with E-state index in [1.54, 1.807) is 12.1 Å². The summed E-state index contributed by atoms with van der Waals surface area (Å²) in [5.74, 6) is 0. The SMILES string of the molecule is Cc1ccc(-c2ccc(S(=O)(=O)NCC3CCCN3c3ccccc3)cc2)cc1. The Kier molecular flexibility index (Phi) is 5.69. The van der Waals surface area contributed by atoms with Crippen molar-refractivity contribution >= 4 is 15.7 Å². The van der Waals surface area contributed by atoms with Crippen LogP contribution in [-0.2, 0) is 10.0 Å². The molecule has 0 amide bonds. The molecule has 1 unspecified atom stereocenters. The van der Waals surface area contributed by atoms with Gasteiger partial charge in [-0.15, -0.1) is 0 Å².